The summed E-state index contributed by atoms with van der Waals surface area (Å²) in [5.41, 5.74) is 1.23. The SMILES string of the molecule is Cc1ccc(S(=O)(=O)OS(c2ccc(OC(C)(C)C)cc2)(c2ccc(OC(C)(C)C)cc2)(c2ccc(OC(C)(C)C)cc2)(c2ccc(N(C)C)cc2)c2ccc(N(C)C)cc2)cc1. The van der Waals surface area contributed by atoms with Gasteiger partial charge in [-0.25, -0.2) is 3.63 Å². The number of aryl methyl sites for hydroxylation is 1. The molecule has 0 atom stereocenters. The zero-order valence-corrected chi connectivity index (χ0v) is 41.1. The first-order valence-corrected chi connectivity index (χ1v) is 25.1. The molecule has 0 saturated carbocycles. The van der Waals surface area contributed by atoms with Crippen LogP contribution in [0.15, 0.2) is 175 Å². The zero-order chi connectivity index (χ0) is 46.3. The van der Waals surface area contributed by atoms with Crippen LogP contribution in [0.2, 0.25) is 0 Å². The predicted molar refractivity (Wildman–Crippen MR) is 260 cm³/mol. The highest BCUT2D eigenvalue weighted by atomic mass is 32.4. The van der Waals surface area contributed by atoms with Crippen LogP contribution in [0.4, 0.5) is 11.4 Å². The van der Waals surface area contributed by atoms with Gasteiger partial charge in [0.2, 0.25) is 0 Å². The summed E-state index contributed by atoms with van der Waals surface area (Å²) < 4.78 is 59.4. The maximum atomic E-state index is 16.1. The van der Waals surface area contributed by atoms with Crippen LogP contribution in [0.1, 0.15) is 67.9 Å². The lowest BCUT2D eigenvalue weighted by Crippen LogP contribution is -2.42. The highest BCUT2D eigenvalue weighted by Gasteiger charge is 2.72. The van der Waals surface area contributed by atoms with Crippen molar-refractivity contribution in [2.75, 3.05) is 38.0 Å². The molecule has 10 heteroatoms. The number of benzene rings is 6. The second-order valence-electron chi connectivity index (χ2n) is 19.6. The van der Waals surface area contributed by atoms with Crippen LogP contribution < -0.4 is 24.0 Å². The molecule has 0 aliphatic carbocycles. The predicted octanol–water partition coefficient (Wildman–Crippen LogP) is 13.5. The fourth-order valence-electron chi connectivity index (χ4n) is 8.24. The van der Waals surface area contributed by atoms with E-state index in [1.54, 1.807) is 24.3 Å². The van der Waals surface area contributed by atoms with E-state index in [1.807, 2.05) is 229 Å². The molecule has 0 aliphatic heterocycles. The first-order chi connectivity index (χ1) is 29.2. The first-order valence-electron chi connectivity index (χ1n) is 21.3. The Morgan fingerprint density at radius 2 is 0.651 bits per heavy atom. The van der Waals surface area contributed by atoms with Crippen molar-refractivity contribution in [1.82, 2.24) is 0 Å². The molecule has 0 aromatic heterocycles. The van der Waals surface area contributed by atoms with Crippen molar-refractivity contribution in [3.05, 3.63) is 151 Å². The van der Waals surface area contributed by atoms with E-state index in [0.717, 1.165) is 16.9 Å². The van der Waals surface area contributed by atoms with Crippen LogP contribution in [0.5, 0.6) is 17.2 Å². The Hall–Kier alpha value is -5.42. The van der Waals surface area contributed by atoms with Crippen LogP contribution in [0, 0.1) is 6.92 Å². The number of ether oxygens (including phenoxy) is 3. The molecule has 0 N–H and O–H groups in total. The summed E-state index contributed by atoms with van der Waals surface area (Å²) in [5.74, 6) is 1.85. The average molecular weight is 891 g/mol. The van der Waals surface area contributed by atoms with Crippen LogP contribution in [0.25, 0.3) is 0 Å². The minimum atomic E-state index is -5.85. The lowest BCUT2D eigenvalue weighted by molar-refractivity contribution is 0.130. The third-order valence-corrected chi connectivity index (χ3v) is 20.8. The summed E-state index contributed by atoms with van der Waals surface area (Å²) in [6, 6.07) is 46.4. The maximum Gasteiger partial charge on any atom is 0.306 e. The van der Waals surface area contributed by atoms with Crippen molar-refractivity contribution >= 4 is 30.1 Å². The monoisotopic (exact) mass is 890 g/mol. The molecule has 63 heavy (non-hydrogen) atoms. The summed E-state index contributed by atoms with van der Waals surface area (Å²) in [5, 5.41) is 0. The molecule has 336 valence electrons. The van der Waals surface area contributed by atoms with Crippen molar-refractivity contribution in [2.45, 2.75) is 115 Å². The lowest BCUT2D eigenvalue weighted by Gasteiger charge is -2.78. The van der Waals surface area contributed by atoms with Crippen LogP contribution in [0.3, 0.4) is 0 Å². The minimum Gasteiger partial charge on any atom is -0.488 e. The third kappa shape index (κ3) is 8.41. The fourth-order valence-corrected chi connectivity index (χ4v) is 19.1. The van der Waals surface area contributed by atoms with Gasteiger partial charge in [0.25, 0.3) is 0 Å². The smallest absolute Gasteiger partial charge is 0.306 e. The van der Waals surface area contributed by atoms with Crippen LogP contribution in [-0.4, -0.2) is 53.4 Å². The Labute approximate surface area is 376 Å². The summed E-state index contributed by atoms with van der Waals surface area (Å²) in [7, 11) is -2.64. The first kappa shape index (κ1) is 47.1. The maximum absolute atomic E-state index is 16.1. The molecule has 0 bridgehead atoms. The minimum absolute atomic E-state index is 0.0148. The largest absolute Gasteiger partial charge is 0.488 e. The number of rotatable bonds is 13. The number of hydrogen-bond donors (Lipinski definition) is 0. The topological polar surface area (TPSA) is 77.5 Å². The third-order valence-electron chi connectivity index (χ3n) is 10.9. The highest BCUT2D eigenvalue weighted by Crippen LogP contribution is 3.11. The van der Waals surface area contributed by atoms with Crippen molar-refractivity contribution in [3.63, 3.8) is 0 Å². The Kier molecular flexibility index (Phi) is 12.2. The molecule has 0 fully saturated rings. The molecule has 0 heterocycles. The van der Waals surface area contributed by atoms with Crippen molar-refractivity contribution in [3.8, 4) is 17.2 Å². The van der Waals surface area contributed by atoms with E-state index in [0.29, 0.717) is 41.7 Å². The van der Waals surface area contributed by atoms with Crippen molar-refractivity contribution in [1.29, 1.82) is 0 Å². The van der Waals surface area contributed by atoms with E-state index in [9.17, 15) is 0 Å². The van der Waals surface area contributed by atoms with Gasteiger partial charge in [-0.15, -0.1) is 0 Å². The van der Waals surface area contributed by atoms with Crippen molar-refractivity contribution < 1.29 is 26.3 Å². The standard InChI is InChI=1S/C53H66N2O6S2/c1-39-15-27-45(28-16-39)62(56,57)61-63(46-29-17-40(18-30-46)54(11)12,47-31-19-41(20-32-47)55(13)14,48-33-21-42(22-34-48)58-51(2,3)4,49-35-23-43(24-36-49)59-52(5,6)7)50-37-25-44(26-38-50)60-53(8,9)10/h15-38H,1-14H3. The molecule has 0 unspecified atom stereocenters. The molecule has 0 radical (unpaired) electrons. The van der Waals surface area contributed by atoms with Gasteiger partial charge in [0, 0.05) is 64.0 Å². The molecule has 8 nitrogen and oxygen atoms in total. The summed E-state index contributed by atoms with van der Waals surface area (Å²) in [6.07, 6.45) is 0. The summed E-state index contributed by atoms with van der Waals surface area (Å²) >= 11 is 0. The second-order valence-corrected chi connectivity index (χ2v) is 26.8. The van der Waals surface area contributed by atoms with E-state index in [4.69, 9.17) is 17.8 Å². The Morgan fingerprint density at radius 3 is 0.889 bits per heavy atom. The second kappa shape index (κ2) is 16.3. The quantitative estimate of drug-likeness (QED) is 0.113. The van der Waals surface area contributed by atoms with Gasteiger partial charge in [0.1, 0.15) is 34.1 Å². The molecule has 0 amide bonds. The van der Waals surface area contributed by atoms with E-state index in [2.05, 4.69) is 0 Å². The van der Waals surface area contributed by atoms with E-state index < -0.39 is 35.5 Å². The van der Waals surface area contributed by atoms with Crippen LogP contribution in [-0.2, 0) is 13.7 Å². The lowest BCUT2D eigenvalue weighted by atomic mass is 10.2. The average Bonchev–Trinajstić information content (AvgIpc) is 3.19. The Morgan fingerprint density at radius 1 is 0.397 bits per heavy atom. The number of hydrogen-bond acceptors (Lipinski definition) is 8. The van der Waals surface area contributed by atoms with Gasteiger partial charge >= 0.3 is 10.1 Å². The molecule has 6 aromatic rings. The molecule has 6 rings (SSSR count). The Balaban J connectivity index is 2.01. The van der Waals surface area contributed by atoms with Gasteiger partial charge in [0.05, 0.1) is 4.90 Å². The molecule has 0 aliphatic rings. The van der Waals surface area contributed by atoms with E-state index in [1.165, 1.54) is 0 Å². The number of anilines is 2. The fraction of sp³-hybridized carbons (Fsp3) is 0.321. The van der Waals surface area contributed by atoms with Crippen LogP contribution >= 0.6 is 8.58 Å². The van der Waals surface area contributed by atoms with Gasteiger partial charge in [-0.1, -0.05) is 26.3 Å². The van der Waals surface area contributed by atoms with Gasteiger partial charge in [-0.3, -0.25) is 0 Å². The normalized spacial score (nSPS) is 13.7. The summed E-state index contributed by atoms with van der Waals surface area (Å²) in [4.78, 5) is 7.08. The highest BCUT2D eigenvalue weighted by molar-refractivity contribution is 8.63. The van der Waals surface area contributed by atoms with Gasteiger partial charge < -0.3 is 24.0 Å². The van der Waals surface area contributed by atoms with Gasteiger partial charge in [-0.05, 0) is 203 Å². The summed E-state index contributed by atoms with van der Waals surface area (Å²) in [6.45, 7) is 19.9. The van der Waals surface area contributed by atoms with E-state index >= 15 is 8.42 Å². The van der Waals surface area contributed by atoms with Crippen molar-refractivity contribution in [2.24, 2.45) is 0 Å². The zero-order valence-electron chi connectivity index (χ0n) is 39.5. The molecule has 0 saturated heterocycles. The van der Waals surface area contributed by atoms with E-state index in [-0.39, 0.29) is 4.90 Å². The van der Waals surface area contributed by atoms with Gasteiger partial charge in [0.15, 0.2) is 0 Å². The molecule has 0 spiro atoms. The van der Waals surface area contributed by atoms with Gasteiger partial charge in [-0.2, -0.15) is 8.42 Å². The molecular weight excluding hydrogens is 825 g/mol. The molecular formula is C53H66N2O6S2. The Bertz CT molecular complexity index is 2430. The molecule has 6 aromatic carbocycles. The number of nitrogens with zero attached hydrogens (tertiary/aromatic N) is 2.